The third kappa shape index (κ3) is 2.35. The molecule has 1 aromatic carbocycles. The van der Waals surface area contributed by atoms with Gasteiger partial charge in [0.1, 0.15) is 0 Å². The van der Waals surface area contributed by atoms with E-state index in [1.54, 1.807) is 0 Å². The molecule has 2 N–H and O–H groups in total. The van der Waals surface area contributed by atoms with Gasteiger partial charge in [0.15, 0.2) is 0 Å². The fourth-order valence-electron chi connectivity index (χ4n) is 2.99. The van der Waals surface area contributed by atoms with E-state index in [9.17, 15) is 4.79 Å². The molecule has 3 nitrogen and oxygen atoms in total. The highest BCUT2D eigenvalue weighted by atomic mass is 16.1. The van der Waals surface area contributed by atoms with E-state index in [0.29, 0.717) is 5.92 Å². The Morgan fingerprint density at radius 2 is 2.17 bits per heavy atom. The van der Waals surface area contributed by atoms with Crippen molar-refractivity contribution in [1.29, 1.82) is 0 Å². The lowest BCUT2D eigenvalue weighted by Gasteiger charge is -2.11. The van der Waals surface area contributed by atoms with Gasteiger partial charge in [0.25, 0.3) is 5.91 Å². The number of carbonyl (C=O) groups is 1. The minimum Gasteiger partial charge on any atom is -0.384 e. The number of anilines is 1. The van der Waals surface area contributed by atoms with E-state index in [1.807, 2.05) is 12.1 Å². The summed E-state index contributed by atoms with van der Waals surface area (Å²) in [4.78, 5) is 12.1. The Hall–Kier alpha value is -1.51. The van der Waals surface area contributed by atoms with Crippen molar-refractivity contribution in [2.75, 3.05) is 18.4 Å². The minimum absolute atomic E-state index is 0.0680. The molecule has 0 aromatic heterocycles. The molecule has 3 rings (SSSR count). The summed E-state index contributed by atoms with van der Waals surface area (Å²) in [6, 6.07) is 5.99. The molecule has 0 spiro atoms. The lowest BCUT2D eigenvalue weighted by atomic mass is 10.1. The van der Waals surface area contributed by atoms with Gasteiger partial charge in [-0.05, 0) is 42.9 Å². The fraction of sp³-hybridized carbons (Fsp3) is 0.533. The van der Waals surface area contributed by atoms with E-state index in [0.717, 1.165) is 30.8 Å². The maximum atomic E-state index is 12.1. The average molecular weight is 244 g/mol. The topological polar surface area (TPSA) is 41.1 Å². The van der Waals surface area contributed by atoms with Gasteiger partial charge in [0.2, 0.25) is 0 Å². The van der Waals surface area contributed by atoms with Crippen LogP contribution in [0.15, 0.2) is 18.2 Å². The number of carbonyl (C=O) groups excluding carboxylic acids is 1. The molecule has 1 saturated carbocycles. The van der Waals surface area contributed by atoms with Crippen molar-refractivity contribution < 1.29 is 4.79 Å². The average Bonchev–Trinajstić information content (AvgIpc) is 3.05. The van der Waals surface area contributed by atoms with Crippen molar-refractivity contribution in [1.82, 2.24) is 5.32 Å². The molecular weight excluding hydrogens is 224 g/mol. The molecule has 0 saturated heterocycles. The summed E-state index contributed by atoms with van der Waals surface area (Å²) in [5.74, 6) is 0.764. The highest BCUT2D eigenvalue weighted by molar-refractivity contribution is 5.95. The second-order valence-electron chi connectivity index (χ2n) is 5.41. The fourth-order valence-corrected chi connectivity index (χ4v) is 2.99. The first kappa shape index (κ1) is 11.6. The SMILES string of the molecule is O=C(NCC1CCCC1)c1ccc2c(c1)NCC2. The molecular formula is C15H20N2O. The summed E-state index contributed by atoms with van der Waals surface area (Å²) < 4.78 is 0. The number of fused-ring (bicyclic) bond motifs is 1. The molecule has 0 atom stereocenters. The molecule has 1 amide bonds. The molecule has 1 fully saturated rings. The van der Waals surface area contributed by atoms with Crippen molar-refractivity contribution in [2.24, 2.45) is 5.92 Å². The second-order valence-corrected chi connectivity index (χ2v) is 5.41. The highest BCUT2D eigenvalue weighted by Gasteiger charge is 2.17. The van der Waals surface area contributed by atoms with Crippen LogP contribution in [0, 0.1) is 5.92 Å². The normalized spacial score (nSPS) is 18.4. The first-order chi connectivity index (χ1) is 8.83. The first-order valence-corrected chi connectivity index (χ1v) is 6.98. The molecule has 1 aromatic rings. The first-order valence-electron chi connectivity index (χ1n) is 6.98. The van der Waals surface area contributed by atoms with Crippen molar-refractivity contribution in [2.45, 2.75) is 32.1 Å². The largest absolute Gasteiger partial charge is 0.384 e. The maximum Gasteiger partial charge on any atom is 0.251 e. The summed E-state index contributed by atoms with van der Waals surface area (Å²) in [6.07, 6.45) is 6.25. The monoisotopic (exact) mass is 244 g/mol. The third-order valence-corrected chi connectivity index (χ3v) is 4.11. The van der Waals surface area contributed by atoms with E-state index >= 15 is 0 Å². The molecule has 1 aliphatic heterocycles. The van der Waals surface area contributed by atoms with E-state index < -0.39 is 0 Å². The van der Waals surface area contributed by atoms with Crippen molar-refractivity contribution in [3.05, 3.63) is 29.3 Å². The zero-order valence-electron chi connectivity index (χ0n) is 10.7. The Balaban J connectivity index is 1.61. The van der Waals surface area contributed by atoms with Crippen LogP contribution in [-0.2, 0) is 6.42 Å². The second kappa shape index (κ2) is 5.01. The van der Waals surface area contributed by atoms with Crippen LogP contribution in [0.2, 0.25) is 0 Å². The van der Waals surface area contributed by atoms with Gasteiger partial charge in [-0.2, -0.15) is 0 Å². The predicted octanol–water partition coefficient (Wildman–Crippen LogP) is 2.57. The molecule has 2 aliphatic rings. The number of benzene rings is 1. The molecule has 0 radical (unpaired) electrons. The van der Waals surface area contributed by atoms with Crippen LogP contribution in [0.4, 0.5) is 5.69 Å². The van der Waals surface area contributed by atoms with Crippen LogP contribution in [0.3, 0.4) is 0 Å². The lowest BCUT2D eigenvalue weighted by Crippen LogP contribution is -2.28. The van der Waals surface area contributed by atoms with E-state index in [-0.39, 0.29) is 5.91 Å². The van der Waals surface area contributed by atoms with Crippen molar-refractivity contribution in [3.63, 3.8) is 0 Å². The minimum atomic E-state index is 0.0680. The number of rotatable bonds is 3. The van der Waals surface area contributed by atoms with Gasteiger partial charge in [-0.25, -0.2) is 0 Å². The van der Waals surface area contributed by atoms with Gasteiger partial charge >= 0.3 is 0 Å². The van der Waals surface area contributed by atoms with E-state index in [4.69, 9.17) is 0 Å². The highest BCUT2D eigenvalue weighted by Crippen LogP contribution is 2.25. The summed E-state index contributed by atoms with van der Waals surface area (Å²) in [5, 5.41) is 6.38. The maximum absolute atomic E-state index is 12.1. The van der Waals surface area contributed by atoms with Gasteiger partial charge < -0.3 is 10.6 Å². The van der Waals surface area contributed by atoms with Crippen LogP contribution >= 0.6 is 0 Å². The van der Waals surface area contributed by atoms with Crippen LogP contribution in [0.1, 0.15) is 41.6 Å². The summed E-state index contributed by atoms with van der Waals surface area (Å²) in [5.41, 5.74) is 3.23. The number of amides is 1. The Morgan fingerprint density at radius 3 is 3.00 bits per heavy atom. The van der Waals surface area contributed by atoms with Crippen LogP contribution in [-0.4, -0.2) is 19.0 Å². The Morgan fingerprint density at radius 1 is 1.33 bits per heavy atom. The Kier molecular flexibility index (Phi) is 3.22. The van der Waals surface area contributed by atoms with Gasteiger partial charge in [0.05, 0.1) is 0 Å². The smallest absolute Gasteiger partial charge is 0.251 e. The van der Waals surface area contributed by atoms with Gasteiger partial charge in [0, 0.05) is 24.3 Å². The van der Waals surface area contributed by atoms with Crippen molar-refractivity contribution in [3.8, 4) is 0 Å². The predicted molar refractivity (Wildman–Crippen MR) is 72.9 cm³/mol. The molecule has 1 heterocycles. The third-order valence-electron chi connectivity index (χ3n) is 4.11. The molecule has 96 valence electrons. The van der Waals surface area contributed by atoms with Gasteiger partial charge in [-0.1, -0.05) is 18.9 Å². The quantitative estimate of drug-likeness (QED) is 0.858. The summed E-state index contributed by atoms with van der Waals surface area (Å²) >= 11 is 0. The zero-order chi connectivity index (χ0) is 12.4. The molecule has 18 heavy (non-hydrogen) atoms. The lowest BCUT2D eigenvalue weighted by molar-refractivity contribution is 0.0947. The van der Waals surface area contributed by atoms with Crippen LogP contribution in [0.25, 0.3) is 0 Å². The van der Waals surface area contributed by atoms with Gasteiger partial charge in [-0.15, -0.1) is 0 Å². The van der Waals surface area contributed by atoms with Gasteiger partial charge in [-0.3, -0.25) is 4.79 Å². The number of hydrogen-bond acceptors (Lipinski definition) is 2. The number of nitrogens with one attached hydrogen (secondary N) is 2. The molecule has 0 unspecified atom stereocenters. The van der Waals surface area contributed by atoms with Crippen LogP contribution in [0.5, 0.6) is 0 Å². The molecule has 1 aliphatic carbocycles. The zero-order valence-corrected chi connectivity index (χ0v) is 10.7. The van der Waals surface area contributed by atoms with Crippen LogP contribution < -0.4 is 10.6 Å². The standard InChI is InChI=1S/C15H20N2O/c18-15(17-10-11-3-1-2-4-11)13-6-5-12-7-8-16-14(12)9-13/h5-6,9,11,16H,1-4,7-8,10H2,(H,17,18). The summed E-state index contributed by atoms with van der Waals surface area (Å²) in [7, 11) is 0. The molecule has 0 bridgehead atoms. The van der Waals surface area contributed by atoms with E-state index in [1.165, 1.54) is 31.2 Å². The number of hydrogen-bond donors (Lipinski definition) is 2. The Labute approximate surface area is 108 Å². The van der Waals surface area contributed by atoms with Crippen molar-refractivity contribution >= 4 is 11.6 Å². The Bertz CT molecular complexity index is 450. The van der Waals surface area contributed by atoms with E-state index in [2.05, 4.69) is 16.7 Å². The summed E-state index contributed by atoms with van der Waals surface area (Å²) in [6.45, 7) is 1.83. The molecule has 3 heteroatoms.